The van der Waals surface area contributed by atoms with Gasteiger partial charge in [0.05, 0.1) is 6.20 Å². The number of hydrogen-bond donors (Lipinski definition) is 1. The van der Waals surface area contributed by atoms with Crippen molar-refractivity contribution in [2.45, 2.75) is 0 Å². The van der Waals surface area contributed by atoms with E-state index in [2.05, 4.69) is 15.5 Å². The molecule has 0 aliphatic carbocycles. The van der Waals surface area contributed by atoms with Crippen LogP contribution in [0, 0.1) is 0 Å². The molecular weight excluding hydrogens is 292 g/mol. The molecular formula is C14H11ClN4O2. The highest BCUT2D eigenvalue weighted by atomic mass is 35.5. The number of amides is 2. The van der Waals surface area contributed by atoms with Crippen LogP contribution in [0.1, 0.15) is 0 Å². The molecule has 0 saturated carbocycles. The monoisotopic (exact) mass is 302 g/mol. The minimum Gasteiger partial charge on any atom is -0.354 e. The van der Waals surface area contributed by atoms with Gasteiger partial charge in [-0.2, -0.15) is 0 Å². The van der Waals surface area contributed by atoms with Gasteiger partial charge in [-0.3, -0.25) is 9.89 Å². The average molecular weight is 303 g/mol. The van der Waals surface area contributed by atoms with E-state index < -0.39 is 0 Å². The molecule has 106 valence electrons. The molecule has 1 N–H and O–H groups in total. The Kier molecular flexibility index (Phi) is 3.70. The maximum Gasteiger partial charge on any atom is 0.327 e. The van der Waals surface area contributed by atoms with Crippen LogP contribution in [0.2, 0.25) is 5.02 Å². The molecule has 21 heavy (non-hydrogen) atoms. The fourth-order valence-electron chi connectivity index (χ4n) is 1.87. The summed E-state index contributed by atoms with van der Waals surface area (Å²) < 4.78 is 5.20. The van der Waals surface area contributed by atoms with Crippen molar-refractivity contribution in [3.63, 3.8) is 0 Å². The number of rotatable bonds is 2. The fourth-order valence-corrected chi connectivity index (χ4v) is 2.06. The molecule has 1 aromatic heterocycles. The molecule has 1 aliphatic rings. The summed E-state index contributed by atoms with van der Waals surface area (Å²) in [5.41, 5.74) is 1.22. The zero-order valence-corrected chi connectivity index (χ0v) is 11.6. The number of nitrogens with zero attached hydrogens (tertiary/aromatic N) is 3. The Morgan fingerprint density at radius 3 is 3.10 bits per heavy atom. The Hall–Kier alpha value is -2.60. The number of anilines is 1. The largest absolute Gasteiger partial charge is 0.354 e. The Labute approximate surface area is 125 Å². The maximum atomic E-state index is 12.1. The van der Waals surface area contributed by atoms with Gasteiger partial charge in [-0.1, -0.05) is 28.9 Å². The molecule has 0 spiro atoms. The van der Waals surface area contributed by atoms with E-state index in [0.29, 0.717) is 16.5 Å². The van der Waals surface area contributed by atoms with E-state index >= 15 is 0 Å². The second-order valence-electron chi connectivity index (χ2n) is 4.29. The number of carbonyl (C=O) groups is 1. The minimum absolute atomic E-state index is 0.278. The molecule has 2 heterocycles. The van der Waals surface area contributed by atoms with Crippen LogP contribution in [0.15, 0.2) is 52.3 Å². The molecule has 2 aromatic rings. The number of aliphatic imine (C=N–C) groups is 1. The van der Waals surface area contributed by atoms with Gasteiger partial charge >= 0.3 is 6.03 Å². The summed E-state index contributed by atoms with van der Waals surface area (Å²) in [6, 6.07) is 6.81. The molecule has 1 aromatic carbocycles. The van der Waals surface area contributed by atoms with Gasteiger partial charge in [0.2, 0.25) is 0 Å². The van der Waals surface area contributed by atoms with E-state index in [0.717, 1.165) is 5.56 Å². The molecule has 0 atom stereocenters. The normalized spacial score (nSPS) is 13.5. The second-order valence-corrected chi connectivity index (χ2v) is 4.73. The summed E-state index contributed by atoms with van der Waals surface area (Å²) in [6.45, 7) is 0.278. The van der Waals surface area contributed by atoms with Crippen LogP contribution in [-0.4, -0.2) is 29.0 Å². The van der Waals surface area contributed by atoms with Gasteiger partial charge in [0.25, 0.3) is 0 Å². The van der Waals surface area contributed by atoms with Crippen LogP contribution in [0.25, 0.3) is 11.3 Å². The predicted octanol–water partition coefficient (Wildman–Crippen LogP) is 3.38. The zero-order valence-electron chi connectivity index (χ0n) is 10.9. The Morgan fingerprint density at radius 2 is 2.33 bits per heavy atom. The van der Waals surface area contributed by atoms with E-state index in [9.17, 15) is 4.79 Å². The average Bonchev–Trinajstić information content (AvgIpc) is 2.96. The lowest BCUT2D eigenvalue weighted by Gasteiger charge is -2.17. The van der Waals surface area contributed by atoms with Crippen LogP contribution < -0.4 is 5.32 Å². The highest BCUT2D eigenvalue weighted by Crippen LogP contribution is 2.29. The van der Waals surface area contributed by atoms with Crippen molar-refractivity contribution in [1.82, 2.24) is 10.1 Å². The van der Waals surface area contributed by atoms with Crippen LogP contribution >= 0.6 is 11.6 Å². The molecule has 1 aliphatic heterocycles. The number of benzene rings is 1. The molecule has 7 heteroatoms. The van der Waals surface area contributed by atoms with Gasteiger partial charge in [-0.05, 0) is 18.2 Å². The Morgan fingerprint density at radius 1 is 1.43 bits per heavy atom. The van der Waals surface area contributed by atoms with Gasteiger partial charge in [0.1, 0.15) is 12.4 Å². The third-order valence-corrected chi connectivity index (χ3v) is 3.09. The summed E-state index contributed by atoms with van der Waals surface area (Å²) in [6.07, 6.45) is 6.43. The summed E-state index contributed by atoms with van der Waals surface area (Å²) >= 11 is 5.96. The van der Waals surface area contributed by atoms with Crippen molar-refractivity contribution in [3.8, 4) is 11.3 Å². The molecule has 6 nitrogen and oxygen atoms in total. The standard InChI is InChI=1S/C14H11ClN4O2/c15-11-4-1-3-10(7-11)13-12(8-17-21-13)18-14(20)19-6-2-5-16-9-19/h1-8H,9H2,(H,18,20). The van der Waals surface area contributed by atoms with Crippen molar-refractivity contribution in [2.75, 3.05) is 12.0 Å². The molecule has 0 radical (unpaired) electrons. The molecule has 0 saturated heterocycles. The van der Waals surface area contributed by atoms with Crippen LogP contribution in [0.3, 0.4) is 0 Å². The second kappa shape index (κ2) is 5.80. The number of carbonyl (C=O) groups excluding carboxylic acids is 1. The van der Waals surface area contributed by atoms with Gasteiger partial charge in [-0.15, -0.1) is 0 Å². The van der Waals surface area contributed by atoms with Crippen LogP contribution in [-0.2, 0) is 0 Å². The van der Waals surface area contributed by atoms with E-state index in [1.165, 1.54) is 11.1 Å². The highest BCUT2D eigenvalue weighted by molar-refractivity contribution is 6.30. The maximum absolute atomic E-state index is 12.1. The number of halogens is 1. The molecule has 3 rings (SSSR count). The van der Waals surface area contributed by atoms with Crippen molar-refractivity contribution in [3.05, 3.63) is 47.8 Å². The summed E-state index contributed by atoms with van der Waals surface area (Å²) in [5, 5.41) is 7.05. The number of aromatic nitrogens is 1. The lowest BCUT2D eigenvalue weighted by Crippen LogP contribution is -2.31. The minimum atomic E-state index is -0.311. The zero-order chi connectivity index (χ0) is 14.7. The van der Waals surface area contributed by atoms with Crippen molar-refractivity contribution < 1.29 is 9.32 Å². The van der Waals surface area contributed by atoms with Gasteiger partial charge in [-0.25, -0.2) is 4.79 Å². The van der Waals surface area contributed by atoms with Gasteiger partial charge < -0.3 is 9.84 Å². The van der Waals surface area contributed by atoms with E-state index in [-0.39, 0.29) is 12.7 Å². The predicted molar refractivity (Wildman–Crippen MR) is 80.3 cm³/mol. The smallest absolute Gasteiger partial charge is 0.327 e. The quantitative estimate of drug-likeness (QED) is 0.924. The number of urea groups is 1. The fraction of sp³-hybridized carbons (Fsp3) is 0.0714. The van der Waals surface area contributed by atoms with E-state index in [1.807, 2.05) is 6.07 Å². The van der Waals surface area contributed by atoms with E-state index in [1.54, 1.807) is 36.7 Å². The van der Waals surface area contributed by atoms with Crippen LogP contribution in [0.5, 0.6) is 0 Å². The van der Waals surface area contributed by atoms with Gasteiger partial charge in [0.15, 0.2) is 5.76 Å². The Balaban J connectivity index is 1.81. The highest BCUT2D eigenvalue weighted by Gasteiger charge is 2.17. The summed E-state index contributed by atoms with van der Waals surface area (Å²) in [7, 11) is 0. The Bertz CT molecular complexity index is 723. The first-order valence-electron chi connectivity index (χ1n) is 6.19. The molecule has 2 amide bonds. The molecule has 0 fully saturated rings. The SMILES string of the molecule is O=C(Nc1cnoc1-c1cccc(Cl)c1)N1C=CC=NC1. The summed E-state index contributed by atoms with van der Waals surface area (Å²) in [5.74, 6) is 0.454. The van der Waals surface area contributed by atoms with Crippen molar-refractivity contribution >= 4 is 29.5 Å². The van der Waals surface area contributed by atoms with Gasteiger partial charge in [0, 0.05) is 23.0 Å². The lowest BCUT2D eigenvalue weighted by atomic mass is 10.1. The first-order chi connectivity index (χ1) is 10.2. The van der Waals surface area contributed by atoms with E-state index in [4.69, 9.17) is 16.1 Å². The lowest BCUT2D eigenvalue weighted by molar-refractivity contribution is 0.229. The topological polar surface area (TPSA) is 70.7 Å². The first-order valence-corrected chi connectivity index (χ1v) is 6.57. The summed E-state index contributed by atoms with van der Waals surface area (Å²) in [4.78, 5) is 17.5. The first kappa shape index (κ1) is 13.4. The molecule has 0 unspecified atom stereocenters. The number of hydrogen-bond acceptors (Lipinski definition) is 4. The molecule has 0 bridgehead atoms. The third-order valence-electron chi connectivity index (χ3n) is 2.85. The van der Waals surface area contributed by atoms with Crippen molar-refractivity contribution in [2.24, 2.45) is 4.99 Å². The van der Waals surface area contributed by atoms with Crippen molar-refractivity contribution in [1.29, 1.82) is 0 Å². The number of nitrogens with one attached hydrogen (secondary N) is 1. The van der Waals surface area contributed by atoms with Crippen LogP contribution in [0.4, 0.5) is 10.5 Å². The number of allylic oxidation sites excluding steroid dienone is 1. The third kappa shape index (κ3) is 2.95.